The summed E-state index contributed by atoms with van der Waals surface area (Å²) in [5, 5.41) is 7.23. The number of hydrogen-bond acceptors (Lipinski definition) is 4. The van der Waals surface area contributed by atoms with E-state index in [2.05, 4.69) is 187 Å². The maximum Gasteiger partial charge on any atom is 0.0990 e. The fraction of sp³-hybridized carbons (Fsp3) is 0.250. The molecule has 2 aliphatic heterocycles. The molecular weight excluding hydrogens is 683 g/mol. The van der Waals surface area contributed by atoms with Gasteiger partial charge in [-0.2, -0.15) is 0 Å². The van der Waals surface area contributed by atoms with Gasteiger partial charge in [-0.05, 0) is 119 Å². The Hall–Kier alpha value is -4.58. The number of hydrogen-bond donors (Lipinski definition) is 0. The lowest BCUT2D eigenvalue weighted by Crippen LogP contribution is -2.36. The molecule has 0 spiro atoms. The van der Waals surface area contributed by atoms with Gasteiger partial charge in [-0.25, -0.2) is 0 Å². The molecule has 0 bridgehead atoms. The monoisotopic (exact) mass is 727 g/mol. The molecule has 2 aliphatic rings. The minimum atomic E-state index is -0.120. The third kappa shape index (κ3) is 5.58. The van der Waals surface area contributed by atoms with Crippen molar-refractivity contribution in [2.75, 3.05) is 0 Å². The van der Waals surface area contributed by atoms with E-state index in [0.717, 1.165) is 15.8 Å². The Bertz CT molecular complexity index is 2670. The fourth-order valence-electron chi connectivity index (χ4n) is 7.51. The third-order valence-electron chi connectivity index (χ3n) is 12.1. The fourth-order valence-corrected chi connectivity index (χ4v) is 10.1. The topological polar surface area (TPSA) is 29.6 Å². The average molecular weight is 728 g/mol. The van der Waals surface area contributed by atoms with E-state index < -0.39 is 0 Å². The van der Waals surface area contributed by atoms with Gasteiger partial charge in [0.15, 0.2) is 0 Å². The predicted molar refractivity (Wildman–Crippen MR) is 234 cm³/mol. The van der Waals surface area contributed by atoms with E-state index in [1.54, 1.807) is 0 Å². The standard InChI is InChI=1S/C48H45N3S2/c1-45(2)47(5,6)52-43(49-45)35-16-12-14-30(27-35)32-20-23-38-34(26-32)22-25-40-39-24-21-33(29-41(39)51(42(38)40)37-18-10-9-11-19-37)31-15-13-17-36(28-31)44-50-46(3,4)48(7,8)53-44/h9-29H,1-8H3. The van der Waals surface area contributed by atoms with Crippen molar-refractivity contribution in [2.24, 2.45) is 9.98 Å². The minimum absolute atomic E-state index is 0.0419. The van der Waals surface area contributed by atoms with Crippen LogP contribution in [0.3, 0.4) is 0 Å². The van der Waals surface area contributed by atoms with E-state index in [1.165, 1.54) is 66.0 Å². The molecule has 0 saturated heterocycles. The molecule has 0 radical (unpaired) electrons. The summed E-state index contributed by atoms with van der Waals surface area (Å²) in [6.07, 6.45) is 0. The zero-order valence-electron chi connectivity index (χ0n) is 31.8. The third-order valence-corrected chi connectivity index (χ3v) is 15.1. The summed E-state index contributed by atoms with van der Waals surface area (Å²) >= 11 is 3.77. The van der Waals surface area contributed by atoms with Gasteiger partial charge in [-0.15, -0.1) is 0 Å². The van der Waals surface area contributed by atoms with Gasteiger partial charge < -0.3 is 4.57 Å². The van der Waals surface area contributed by atoms with E-state index >= 15 is 0 Å². The number of para-hydroxylation sites is 1. The van der Waals surface area contributed by atoms with E-state index in [4.69, 9.17) is 9.98 Å². The van der Waals surface area contributed by atoms with Crippen LogP contribution in [-0.4, -0.2) is 35.2 Å². The minimum Gasteiger partial charge on any atom is -0.309 e. The molecule has 5 heteroatoms. The normalized spacial score (nSPS) is 18.5. The Balaban J connectivity index is 1.17. The maximum atomic E-state index is 5.17. The van der Waals surface area contributed by atoms with Crippen LogP contribution in [0.2, 0.25) is 0 Å². The second-order valence-electron chi connectivity index (χ2n) is 16.6. The Morgan fingerprint density at radius 2 is 0.925 bits per heavy atom. The summed E-state index contributed by atoms with van der Waals surface area (Å²) in [6, 6.07) is 47.1. The zero-order valence-corrected chi connectivity index (χ0v) is 33.4. The summed E-state index contributed by atoms with van der Waals surface area (Å²) < 4.78 is 2.55. The van der Waals surface area contributed by atoms with Gasteiger partial charge in [-0.3, -0.25) is 9.98 Å². The molecule has 0 N–H and O–H groups in total. The van der Waals surface area contributed by atoms with Crippen LogP contribution in [-0.2, 0) is 0 Å². The number of rotatable bonds is 5. The first-order chi connectivity index (χ1) is 25.2. The highest BCUT2D eigenvalue weighted by molar-refractivity contribution is 8.16. The van der Waals surface area contributed by atoms with Gasteiger partial charge >= 0.3 is 0 Å². The number of aromatic nitrogens is 1. The molecule has 0 saturated carbocycles. The molecule has 3 heterocycles. The maximum absolute atomic E-state index is 5.17. The van der Waals surface area contributed by atoms with Gasteiger partial charge in [0.05, 0.1) is 32.2 Å². The molecule has 264 valence electrons. The summed E-state index contributed by atoms with van der Waals surface area (Å²) in [5.41, 5.74) is 10.6. The first kappa shape index (κ1) is 34.2. The van der Waals surface area contributed by atoms with Crippen molar-refractivity contribution in [3.63, 3.8) is 0 Å². The van der Waals surface area contributed by atoms with Crippen LogP contribution in [0.1, 0.15) is 66.5 Å². The Labute approximate surface area is 321 Å². The lowest BCUT2D eigenvalue weighted by atomic mass is 9.90. The van der Waals surface area contributed by atoms with Crippen molar-refractivity contribution in [2.45, 2.75) is 76.0 Å². The predicted octanol–water partition coefficient (Wildman–Crippen LogP) is 13.4. The average Bonchev–Trinajstić information content (AvgIpc) is 3.68. The molecule has 0 unspecified atom stereocenters. The Morgan fingerprint density at radius 1 is 0.434 bits per heavy atom. The molecule has 6 aromatic carbocycles. The second kappa shape index (κ2) is 12.0. The molecule has 53 heavy (non-hydrogen) atoms. The molecule has 0 fully saturated rings. The van der Waals surface area contributed by atoms with Crippen LogP contribution in [0.25, 0.3) is 60.5 Å². The second-order valence-corrected chi connectivity index (χ2v) is 19.9. The summed E-state index contributed by atoms with van der Waals surface area (Å²) in [5.74, 6) is 0. The Kier molecular flexibility index (Phi) is 7.72. The van der Waals surface area contributed by atoms with E-state index in [-0.39, 0.29) is 20.6 Å². The van der Waals surface area contributed by atoms with Gasteiger partial charge in [0.2, 0.25) is 0 Å². The summed E-state index contributed by atoms with van der Waals surface area (Å²) in [7, 11) is 0. The van der Waals surface area contributed by atoms with Gasteiger partial charge in [-0.1, -0.05) is 115 Å². The van der Waals surface area contributed by atoms with Crippen molar-refractivity contribution >= 4 is 66.2 Å². The quantitative estimate of drug-likeness (QED) is 0.177. The number of benzene rings is 6. The highest BCUT2D eigenvalue weighted by atomic mass is 32.2. The van der Waals surface area contributed by atoms with Crippen LogP contribution in [0.4, 0.5) is 0 Å². The highest BCUT2D eigenvalue weighted by Gasteiger charge is 2.45. The Morgan fingerprint density at radius 3 is 1.47 bits per heavy atom. The van der Waals surface area contributed by atoms with Crippen molar-refractivity contribution in [1.29, 1.82) is 0 Å². The molecule has 3 nitrogen and oxygen atoms in total. The molecule has 0 amide bonds. The van der Waals surface area contributed by atoms with Crippen molar-refractivity contribution in [3.8, 4) is 27.9 Å². The molecule has 9 rings (SSSR count). The van der Waals surface area contributed by atoms with E-state index in [0.29, 0.717) is 0 Å². The van der Waals surface area contributed by atoms with Crippen molar-refractivity contribution in [1.82, 2.24) is 4.57 Å². The van der Waals surface area contributed by atoms with Gasteiger partial charge in [0, 0.05) is 42.5 Å². The smallest absolute Gasteiger partial charge is 0.0990 e. The zero-order chi connectivity index (χ0) is 36.9. The number of fused-ring (bicyclic) bond motifs is 5. The number of thioether (sulfide) groups is 2. The van der Waals surface area contributed by atoms with Crippen LogP contribution in [0.15, 0.2) is 137 Å². The summed E-state index contributed by atoms with van der Waals surface area (Å²) in [4.78, 5) is 10.3. The van der Waals surface area contributed by atoms with Crippen molar-refractivity contribution in [3.05, 3.63) is 139 Å². The van der Waals surface area contributed by atoms with Crippen molar-refractivity contribution < 1.29 is 0 Å². The molecule has 0 aliphatic carbocycles. The van der Waals surface area contributed by atoms with Gasteiger partial charge in [0.1, 0.15) is 0 Å². The summed E-state index contributed by atoms with van der Waals surface area (Å²) in [6.45, 7) is 18.1. The molecular formula is C48H45N3S2. The highest BCUT2D eigenvalue weighted by Crippen LogP contribution is 2.48. The lowest BCUT2D eigenvalue weighted by Gasteiger charge is -2.30. The molecule has 7 aromatic rings. The lowest BCUT2D eigenvalue weighted by molar-refractivity contribution is 0.426. The first-order valence-electron chi connectivity index (χ1n) is 18.6. The van der Waals surface area contributed by atoms with Crippen LogP contribution < -0.4 is 0 Å². The molecule has 1 aromatic heterocycles. The number of aliphatic imine (C=N–C) groups is 2. The first-order valence-corrected chi connectivity index (χ1v) is 20.2. The van der Waals surface area contributed by atoms with E-state index in [9.17, 15) is 0 Å². The molecule has 0 atom stereocenters. The SMILES string of the molecule is CC1(C)N=C(c2cccc(-c3ccc4c(ccc5c6ccc(-c7cccc(C8=NC(C)(C)C(C)(C)S8)c7)cc6n(-c6ccccc6)c45)c3)c2)SC1(C)C. The van der Waals surface area contributed by atoms with Gasteiger partial charge in [0.25, 0.3) is 0 Å². The van der Waals surface area contributed by atoms with Crippen LogP contribution in [0, 0.1) is 0 Å². The largest absolute Gasteiger partial charge is 0.309 e. The van der Waals surface area contributed by atoms with E-state index in [1.807, 2.05) is 23.5 Å². The van der Waals surface area contributed by atoms with Crippen LogP contribution >= 0.6 is 23.5 Å². The van der Waals surface area contributed by atoms with Crippen LogP contribution in [0.5, 0.6) is 0 Å². The number of nitrogens with zero attached hydrogens (tertiary/aromatic N) is 3.